The number of hydrogen-bond donors (Lipinski definition) is 1. The van der Waals surface area contributed by atoms with Crippen LogP contribution in [0.2, 0.25) is 5.02 Å². The van der Waals surface area contributed by atoms with Crippen molar-refractivity contribution in [3.63, 3.8) is 0 Å². The summed E-state index contributed by atoms with van der Waals surface area (Å²) in [6.45, 7) is 3.74. The highest BCUT2D eigenvalue weighted by molar-refractivity contribution is 6.34. The van der Waals surface area contributed by atoms with Gasteiger partial charge in [0.05, 0.1) is 30.5 Å². The standard InChI is InChI=1S/C24H23ClN2O5/c1-2-29-21-11-17(6-7-20(21)32-15-16-5-3-8-26-14-16)24(28)27-19-13-23-22(12-18(19)25)30-9-4-10-31-23/h3,5-8,11-14H,2,4,9-10,15H2,1H3,(H,27,28). The molecular formula is C24H23ClN2O5. The molecule has 1 aliphatic rings. The second-order valence-electron chi connectivity index (χ2n) is 7.03. The van der Waals surface area contributed by atoms with E-state index in [0.29, 0.717) is 65.7 Å². The predicted octanol–water partition coefficient (Wildman–Crippen LogP) is 5.13. The molecule has 1 aromatic heterocycles. The minimum atomic E-state index is -0.332. The number of nitrogens with one attached hydrogen (secondary N) is 1. The fourth-order valence-corrected chi connectivity index (χ4v) is 3.36. The fourth-order valence-electron chi connectivity index (χ4n) is 3.16. The molecule has 0 saturated carbocycles. The molecule has 3 aromatic rings. The first kappa shape index (κ1) is 21.8. The van der Waals surface area contributed by atoms with Crippen molar-refractivity contribution in [3.8, 4) is 23.0 Å². The van der Waals surface area contributed by atoms with Crippen LogP contribution in [0, 0.1) is 0 Å². The molecule has 4 rings (SSSR count). The van der Waals surface area contributed by atoms with Crippen LogP contribution in [0.15, 0.2) is 54.9 Å². The Morgan fingerprint density at radius 2 is 1.91 bits per heavy atom. The molecule has 0 aliphatic carbocycles. The molecule has 0 spiro atoms. The second-order valence-corrected chi connectivity index (χ2v) is 7.44. The quantitative estimate of drug-likeness (QED) is 0.533. The summed E-state index contributed by atoms with van der Waals surface area (Å²) in [6, 6.07) is 12.1. The number of rotatable bonds is 7. The van der Waals surface area contributed by atoms with E-state index in [0.717, 1.165) is 12.0 Å². The molecule has 8 heteroatoms. The lowest BCUT2D eigenvalue weighted by Crippen LogP contribution is -2.13. The minimum absolute atomic E-state index is 0.332. The van der Waals surface area contributed by atoms with Gasteiger partial charge in [-0.25, -0.2) is 0 Å². The van der Waals surface area contributed by atoms with Crippen LogP contribution in [0.4, 0.5) is 5.69 Å². The summed E-state index contributed by atoms with van der Waals surface area (Å²) in [5.41, 5.74) is 1.78. The number of aromatic nitrogens is 1. The smallest absolute Gasteiger partial charge is 0.255 e. The first-order chi connectivity index (χ1) is 15.6. The monoisotopic (exact) mass is 454 g/mol. The lowest BCUT2D eigenvalue weighted by molar-refractivity contribution is 0.102. The molecule has 0 atom stereocenters. The molecule has 2 heterocycles. The van der Waals surface area contributed by atoms with Crippen molar-refractivity contribution in [2.45, 2.75) is 20.0 Å². The first-order valence-electron chi connectivity index (χ1n) is 10.3. The van der Waals surface area contributed by atoms with E-state index >= 15 is 0 Å². The topological polar surface area (TPSA) is 78.9 Å². The van der Waals surface area contributed by atoms with Gasteiger partial charge >= 0.3 is 0 Å². The van der Waals surface area contributed by atoms with Gasteiger partial charge in [0, 0.05) is 42.1 Å². The third-order valence-electron chi connectivity index (χ3n) is 4.71. The van der Waals surface area contributed by atoms with E-state index < -0.39 is 0 Å². The van der Waals surface area contributed by atoms with E-state index in [1.54, 1.807) is 42.7 Å². The number of hydrogen-bond acceptors (Lipinski definition) is 6. The van der Waals surface area contributed by atoms with E-state index in [4.69, 9.17) is 30.5 Å². The van der Waals surface area contributed by atoms with E-state index in [1.807, 2.05) is 19.1 Å². The summed E-state index contributed by atoms with van der Waals surface area (Å²) < 4.78 is 22.9. The van der Waals surface area contributed by atoms with Gasteiger partial charge < -0.3 is 24.3 Å². The van der Waals surface area contributed by atoms with Crippen molar-refractivity contribution in [3.05, 3.63) is 71.0 Å². The maximum atomic E-state index is 12.9. The zero-order chi connectivity index (χ0) is 22.3. The summed E-state index contributed by atoms with van der Waals surface area (Å²) in [4.78, 5) is 17.0. The average molecular weight is 455 g/mol. The summed E-state index contributed by atoms with van der Waals surface area (Å²) >= 11 is 6.35. The summed E-state index contributed by atoms with van der Waals surface area (Å²) in [5.74, 6) is 1.81. The Kier molecular flexibility index (Phi) is 6.97. The van der Waals surface area contributed by atoms with Gasteiger partial charge in [-0.1, -0.05) is 17.7 Å². The van der Waals surface area contributed by atoms with Gasteiger partial charge in [-0.3, -0.25) is 9.78 Å². The Labute approximate surface area is 191 Å². The van der Waals surface area contributed by atoms with Crippen molar-refractivity contribution in [2.75, 3.05) is 25.1 Å². The molecule has 166 valence electrons. The lowest BCUT2D eigenvalue weighted by atomic mass is 10.1. The maximum Gasteiger partial charge on any atom is 0.255 e. The number of nitrogens with zero attached hydrogens (tertiary/aromatic N) is 1. The van der Waals surface area contributed by atoms with Crippen molar-refractivity contribution >= 4 is 23.2 Å². The Morgan fingerprint density at radius 1 is 1.09 bits per heavy atom. The van der Waals surface area contributed by atoms with Crippen LogP contribution in [-0.2, 0) is 6.61 Å². The van der Waals surface area contributed by atoms with E-state index in [9.17, 15) is 4.79 Å². The highest BCUT2D eigenvalue weighted by atomic mass is 35.5. The molecule has 0 saturated heterocycles. The number of ether oxygens (including phenoxy) is 4. The lowest BCUT2D eigenvalue weighted by Gasteiger charge is -2.15. The van der Waals surface area contributed by atoms with Crippen LogP contribution in [0.25, 0.3) is 0 Å². The Balaban J connectivity index is 1.51. The predicted molar refractivity (Wildman–Crippen MR) is 121 cm³/mol. The molecule has 0 radical (unpaired) electrons. The molecule has 0 unspecified atom stereocenters. The number of carbonyl (C=O) groups excluding carboxylic acids is 1. The molecule has 32 heavy (non-hydrogen) atoms. The largest absolute Gasteiger partial charge is 0.490 e. The highest BCUT2D eigenvalue weighted by Crippen LogP contribution is 2.38. The number of halogens is 1. The Hall–Kier alpha value is -3.45. The molecular weight excluding hydrogens is 432 g/mol. The van der Waals surface area contributed by atoms with Crippen molar-refractivity contribution in [1.29, 1.82) is 0 Å². The van der Waals surface area contributed by atoms with Gasteiger partial charge in [0.2, 0.25) is 0 Å². The number of amides is 1. The normalized spacial score (nSPS) is 12.6. The van der Waals surface area contributed by atoms with Crippen LogP contribution >= 0.6 is 11.6 Å². The SMILES string of the molecule is CCOc1cc(C(=O)Nc2cc3c(cc2Cl)OCCCO3)ccc1OCc1cccnc1. The highest BCUT2D eigenvalue weighted by Gasteiger charge is 2.17. The maximum absolute atomic E-state index is 12.9. The van der Waals surface area contributed by atoms with Crippen molar-refractivity contribution < 1.29 is 23.7 Å². The van der Waals surface area contributed by atoms with Gasteiger partial charge in [0.25, 0.3) is 5.91 Å². The van der Waals surface area contributed by atoms with Gasteiger partial charge in [0.15, 0.2) is 23.0 Å². The summed E-state index contributed by atoms with van der Waals surface area (Å²) in [7, 11) is 0. The Bertz CT molecular complexity index is 1090. The van der Waals surface area contributed by atoms with Crippen molar-refractivity contribution in [1.82, 2.24) is 4.98 Å². The zero-order valence-electron chi connectivity index (χ0n) is 17.6. The van der Waals surface area contributed by atoms with E-state index in [-0.39, 0.29) is 5.91 Å². The van der Waals surface area contributed by atoms with Crippen LogP contribution in [0.5, 0.6) is 23.0 Å². The molecule has 0 bridgehead atoms. The van der Waals surface area contributed by atoms with E-state index in [2.05, 4.69) is 10.3 Å². The molecule has 2 aromatic carbocycles. The molecule has 1 aliphatic heterocycles. The average Bonchev–Trinajstić information content (AvgIpc) is 3.04. The third-order valence-corrected chi connectivity index (χ3v) is 5.02. The number of benzene rings is 2. The minimum Gasteiger partial charge on any atom is -0.490 e. The van der Waals surface area contributed by atoms with Crippen LogP contribution in [-0.4, -0.2) is 30.7 Å². The number of carbonyl (C=O) groups is 1. The van der Waals surface area contributed by atoms with Crippen molar-refractivity contribution in [2.24, 2.45) is 0 Å². The third kappa shape index (κ3) is 5.23. The fraction of sp³-hybridized carbons (Fsp3) is 0.250. The van der Waals surface area contributed by atoms with E-state index in [1.165, 1.54) is 0 Å². The number of anilines is 1. The second kappa shape index (κ2) is 10.2. The zero-order valence-corrected chi connectivity index (χ0v) is 18.4. The number of pyridine rings is 1. The Morgan fingerprint density at radius 3 is 2.66 bits per heavy atom. The van der Waals surface area contributed by atoms with Crippen LogP contribution < -0.4 is 24.3 Å². The van der Waals surface area contributed by atoms with Crippen LogP contribution in [0.1, 0.15) is 29.3 Å². The number of fused-ring (bicyclic) bond motifs is 1. The van der Waals surface area contributed by atoms with Gasteiger partial charge in [-0.15, -0.1) is 0 Å². The van der Waals surface area contributed by atoms with Gasteiger partial charge in [-0.2, -0.15) is 0 Å². The molecule has 1 N–H and O–H groups in total. The summed E-state index contributed by atoms with van der Waals surface area (Å²) in [6.07, 6.45) is 4.22. The van der Waals surface area contributed by atoms with Gasteiger partial charge in [0.1, 0.15) is 6.61 Å². The van der Waals surface area contributed by atoms with Crippen LogP contribution in [0.3, 0.4) is 0 Å². The summed E-state index contributed by atoms with van der Waals surface area (Å²) in [5, 5.41) is 3.20. The van der Waals surface area contributed by atoms with Gasteiger partial charge in [-0.05, 0) is 31.2 Å². The first-order valence-corrected chi connectivity index (χ1v) is 10.7. The molecule has 7 nitrogen and oxygen atoms in total. The molecule has 0 fully saturated rings. The molecule has 1 amide bonds.